The van der Waals surface area contributed by atoms with E-state index < -0.39 is 22.9 Å². The molecular weight excluding hydrogens is 446 g/mol. The van der Waals surface area contributed by atoms with Gasteiger partial charge in [-0.15, -0.1) is 0 Å². The second-order valence-corrected chi connectivity index (χ2v) is 9.79. The number of hydrogen-bond acceptors (Lipinski definition) is 7. The van der Waals surface area contributed by atoms with Crippen LogP contribution in [-0.4, -0.2) is 30.0 Å². The smallest absolute Gasteiger partial charge is 0.268 e. The van der Waals surface area contributed by atoms with Crippen molar-refractivity contribution in [1.82, 2.24) is 4.98 Å². The van der Waals surface area contributed by atoms with Crippen LogP contribution in [0.15, 0.2) is 35.1 Å². The second kappa shape index (κ2) is 8.49. The largest absolute Gasteiger partial charge is 0.392 e. The number of benzene rings is 1. The number of aromatic nitrogens is 1. The molecule has 2 aromatic rings. The minimum Gasteiger partial charge on any atom is -0.392 e. The van der Waals surface area contributed by atoms with Crippen LogP contribution < -0.4 is 27.0 Å². The molecule has 1 aromatic carbocycles. The van der Waals surface area contributed by atoms with E-state index in [0.717, 1.165) is 67.4 Å². The molecule has 3 aliphatic rings. The number of fused-ring (bicyclic) bond motifs is 1. The van der Waals surface area contributed by atoms with Gasteiger partial charge in [0.1, 0.15) is 22.7 Å². The standard InChI is InChI=1S/C23H26F2N6OS/c24-14-6-2-7-15(25)18(14)23-31(20(21(27)32)22(28)33-23)17-10-29-16-8-1-5-13(16)19(17)30-9-3-4-12(26)11-30/h2,6-7,10,12,23H,1,3-5,8-9,11,26,28H2,(H2,27,32). The lowest BCUT2D eigenvalue weighted by Gasteiger charge is -2.38. The molecule has 1 saturated heterocycles. The highest BCUT2D eigenvalue weighted by Gasteiger charge is 2.42. The van der Waals surface area contributed by atoms with Gasteiger partial charge in [0.05, 0.1) is 28.2 Å². The van der Waals surface area contributed by atoms with Crippen molar-refractivity contribution in [2.45, 2.75) is 43.5 Å². The number of piperidine rings is 1. The molecule has 174 valence electrons. The second-order valence-electron chi connectivity index (χ2n) is 8.67. The minimum absolute atomic E-state index is 0.0146. The summed E-state index contributed by atoms with van der Waals surface area (Å²) in [4.78, 5) is 20.9. The fraction of sp³-hybridized carbons (Fsp3) is 0.391. The average Bonchev–Trinajstić information content (AvgIpc) is 3.37. The third kappa shape index (κ3) is 3.71. The quantitative estimate of drug-likeness (QED) is 0.627. The highest BCUT2D eigenvalue weighted by atomic mass is 32.2. The first-order chi connectivity index (χ1) is 15.9. The van der Waals surface area contributed by atoms with Gasteiger partial charge in [-0.05, 0) is 49.8 Å². The number of amides is 1. The fourth-order valence-corrected chi connectivity index (χ4v) is 6.33. The van der Waals surface area contributed by atoms with Crippen molar-refractivity contribution in [3.63, 3.8) is 0 Å². The summed E-state index contributed by atoms with van der Waals surface area (Å²) in [5.74, 6) is -2.19. The van der Waals surface area contributed by atoms with E-state index >= 15 is 0 Å². The van der Waals surface area contributed by atoms with Gasteiger partial charge >= 0.3 is 0 Å². The van der Waals surface area contributed by atoms with E-state index in [1.54, 1.807) is 11.1 Å². The SMILES string of the molecule is NC(=O)C1=C(N)SC(c2c(F)cccc2F)N1c1cnc2c(c1N1CCCC(N)C1)CCC2. The fourth-order valence-electron chi connectivity index (χ4n) is 5.11. The van der Waals surface area contributed by atoms with E-state index in [0.29, 0.717) is 12.2 Å². The van der Waals surface area contributed by atoms with Crippen LogP contribution in [0.2, 0.25) is 0 Å². The lowest BCUT2D eigenvalue weighted by Crippen LogP contribution is -2.44. The van der Waals surface area contributed by atoms with Gasteiger partial charge in [-0.25, -0.2) is 8.78 Å². The van der Waals surface area contributed by atoms with Crippen LogP contribution in [0.4, 0.5) is 20.2 Å². The van der Waals surface area contributed by atoms with Gasteiger partial charge in [0.25, 0.3) is 5.91 Å². The Morgan fingerprint density at radius 2 is 1.94 bits per heavy atom. The van der Waals surface area contributed by atoms with Crippen LogP contribution in [0.5, 0.6) is 0 Å². The Kier molecular flexibility index (Phi) is 5.65. The lowest BCUT2D eigenvalue weighted by atomic mass is 10.0. The number of halogens is 2. The van der Waals surface area contributed by atoms with E-state index in [1.165, 1.54) is 18.2 Å². The molecule has 6 N–H and O–H groups in total. The molecule has 2 unspecified atom stereocenters. The summed E-state index contributed by atoms with van der Waals surface area (Å²) in [6, 6.07) is 3.71. The van der Waals surface area contributed by atoms with E-state index in [2.05, 4.69) is 9.88 Å². The third-order valence-electron chi connectivity index (χ3n) is 6.52. The zero-order chi connectivity index (χ0) is 23.3. The number of pyridine rings is 1. The number of aryl methyl sites for hydroxylation is 1. The van der Waals surface area contributed by atoms with Gasteiger partial charge in [-0.2, -0.15) is 0 Å². The molecular formula is C23H26F2N6OS. The molecule has 0 radical (unpaired) electrons. The predicted molar refractivity (Wildman–Crippen MR) is 125 cm³/mol. The summed E-state index contributed by atoms with van der Waals surface area (Å²) in [6.45, 7) is 1.44. The van der Waals surface area contributed by atoms with Crippen LogP contribution in [0.3, 0.4) is 0 Å². The van der Waals surface area contributed by atoms with Crippen molar-refractivity contribution in [1.29, 1.82) is 0 Å². The third-order valence-corrected chi connectivity index (χ3v) is 7.64. The van der Waals surface area contributed by atoms with Crippen LogP contribution in [0.1, 0.15) is 41.5 Å². The first-order valence-electron chi connectivity index (χ1n) is 11.1. The maximum absolute atomic E-state index is 14.9. The Labute approximate surface area is 195 Å². The molecule has 0 saturated carbocycles. The number of carbonyl (C=O) groups is 1. The average molecular weight is 473 g/mol. The number of primary amides is 1. The predicted octanol–water partition coefficient (Wildman–Crippen LogP) is 2.64. The number of thioether (sulfide) groups is 1. The first kappa shape index (κ1) is 22.0. The Morgan fingerprint density at radius 3 is 2.64 bits per heavy atom. The van der Waals surface area contributed by atoms with Gasteiger partial charge in [0, 0.05) is 24.8 Å². The van der Waals surface area contributed by atoms with Gasteiger partial charge in [-0.3, -0.25) is 9.78 Å². The summed E-state index contributed by atoms with van der Waals surface area (Å²) < 4.78 is 29.7. The van der Waals surface area contributed by atoms with Crippen LogP contribution in [0.25, 0.3) is 0 Å². The molecule has 2 atom stereocenters. The van der Waals surface area contributed by atoms with Gasteiger partial charge in [0.15, 0.2) is 0 Å². The Morgan fingerprint density at radius 1 is 1.18 bits per heavy atom. The van der Waals surface area contributed by atoms with E-state index in [-0.39, 0.29) is 22.3 Å². The summed E-state index contributed by atoms with van der Waals surface area (Å²) in [5, 5.41) is -0.816. The molecule has 5 rings (SSSR count). The molecule has 2 aliphatic heterocycles. The molecule has 3 heterocycles. The van der Waals surface area contributed by atoms with Crippen molar-refractivity contribution in [3.8, 4) is 0 Å². The Hall–Kier alpha value is -2.85. The van der Waals surface area contributed by atoms with Crippen LogP contribution >= 0.6 is 11.8 Å². The van der Waals surface area contributed by atoms with Gasteiger partial charge in [0.2, 0.25) is 0 Å². The number of nitrogens with zero attached hydrogens (tertiary/aromatic N) is 3. The van der Waals surface area contributed by atoms with Gasteiger partial charge in [-0.1, -0.05) is 17.8 Å². The highest BCUT2D eigenvalue weighted by molar-refractivity contribution is 8.03. The summed E-state index contributed by atoms with van der Waals surface area (Å²) >= 11 is 1.01. The molecule has 1 aliphatic carbocycles. The van der Waals surface area contributed by atoms with Crippen molar-refractivity contribution in [2.24, 2.45) is 17.2 Å². The zero-order valence-electron chi connectivity index (χ0n) is 18.1. The number of anilines is 2. The maximum Gasteiger partial charge on any atom is 0.268 e. The molecule has 10 heteroatoms. The molecule has 33 heavy (non-hydrogen) atoms. The normalized spacial score (nSPS) is 22.8. The molecule has 1 amide bonds. The van der Waals surface area contributed by atoms with Gasteiger partial charge < -0.3 is 27.0 Å². The van der Waals surface area contributed by atoms with E-state index in [4.69, 9.17) is 17.2 Å². The van der Waals surface area contributed by atoms with E-state index in [1.807, 2.05) is 0 Å². The molecule has 7 nitrogen and oxygen atoms in total. The van der Waals surface area contributed by atoms with Crippen molar-refractivity contribution >= 4 is 29.0 Å². The first-order valence-corrected chi connectivity index (χ1v) is 12.0. The minimum atomic E-state index is -0.938. The van der Waals surface area contributed by atoms with Crippen molar-refractivity contribution in [3.05, 3.63) is 63.6 Å². The monoisotopic (exact) mass is 472 g/mol. The maximum atomic E-state index is 14.9. The summed E-state index contributed by atoms with van der Waals surface area (Å²) in [5.41, 5.74) is 21.6. The summed E-state index contributed by atoms with van der Waals surface area (Å²) in [7, 11) is 0. The Bertz CT molecular complexity index is 1140. The van der Waals surface area contributed by atoms with E-state index in [9.17, 15) is 13.6 Å². The van der Waals surface area contributed by atoms with Crippen LogP contribution in [0, 0.1) is 11.6 Å². The number of carbonyl (C=O) groups excluding carboxylic acids is 1. The number of rotatable bonds is 4. The summed E-state index contributed by atoms with van der Waals surface area (Å²) in [6.07, 6.45) is 6.21. The molecule has 1 fully saturated rings. The molecule has 0 bridgehead atoms. The molecule has 1 aromatic heterocycles. The van der Waals surface area contributed by atoms with Crippen molar-refractivity contribution < 1.29 is 13.6 Å². The molecule has 0 spiro atoms. The van der Waals surface area contributed by atoms with Crippen LogP contribution in [-0.2, 0) is 17.6 Å². The highest BCUT2D eigenvalue weighted by Crippen LogP contribution is 2.52. The lowest BCUT2D eigenvalue weighted by molar-refractivity contribution is -0.114. The number of nitrogens with two attached hydrogens (primary N) is 3. The number of hydrogen-bond donors (Lipinski definition) is 3. The van der Waals surface area contributed by atoms with Crippen molar-refractivity contribution in [2.75, 3.05) is 22.9 Å². The zero-order valence-corrected chi connectivity index (χ0v) is 18.9. The topological polar surface area (TPSA) is 114 Å². The Balaban J connectivity index is 1.72.